The smallest absolute Gasteiger partial charge is 0.348 e. The average Bonchev–Trinajstić information content (AvgIpc) is 2.86. The van der Waals surface area contributed by atoms with Gasteiger partial charge < -0.3 is 9.47 Å². The van der Waals surface area contributed by atoms with Crippen LogP contribution in [0.15, 0.2) is 11.1 Å². The Morgan fingerprint density at radius 3 is 2.59 bits per heavy atom. The van der Waals surface area contributed by atoms with Gasteiger partial charge in [0, 0.05) is 0 Å². The molecule has 22 heavy (non-hydrogen) atoms. The summed E-state index contributed by atoms with van der Waals surface area (Å²) in [6.45, 7) is 3.44. The largest absolute Gasteiger partial charge is 0.467 e. The quantitative estimate of drug-likeness (QED) is 0.795. The standard InChI is InChI=1S/C14H16N2O5S/c1-5-8(13(18)20-3)16-6-15-11-9(12(16)17)7(2)10(22-11)14(19)21-4/h6,8H,5H2,1-4H3/t8-/m0/s1. The van der Waals surface area contributed by atoms with Crippen LogP contribution in [0.5, 0.6) is 0 Å². The molecule has 2 aromatic heterocycles. The Labute approximate surface area is 130 Å². The Morgan fingerprint density at radius 2 is 2.05 bits per heavy atom. The molecule has 0 aromatic carbocycles. The Kier molecular flexibility index (Phi) is 4.60. The number of aromatic nitrogens is 2. The molecule has 118 valence electrons. The zero-order valence-electron chi connectivity index (χ0n) is 12.7. The van der Waals surface area contributed by atoms with Crippen LogP contribution in [0.25, 0.3) is 10.2 Å². The second kappa shape index (κ2) is 6.27. The van der Waals surface area contributed by atoms with Crippen LogP contribution >= 0.6 is 11.3 Å². The molecule has 0 radical (unpaired) electrons. The molecular weight excluding hydrogens is 308 g/mol. The second-order valence-electron chi connectivity index (χ2n) is 4.63. The van der Waals surface area contributed by atoms with Crippen LogP contribution in [0.1, 0.15) is 34.6 Å². The Bertz CT molecular complexity index is 792. The molecule has 7 nitrogen and oxygen atoms in total. The van der Waals surface area contributed by atoms with Crippen molar-refractivity contribution in [3.05, 3.63) is 27.1 Å². The number of ether oxygens (including phenoxy) is 2. The first kappa shape index (κ1) is 16.2. The van der Waals surface area contributed by atoms with Crippen LogP contribution in [-0.2, 0) is 14.3 Å². The van der Waals surface area contributed by atoms with E-state index in [4.69, 9.17) is 9.47 Å². The molecule has 0 unspecified atom stereocenters. The fourth-order valence-electron chi connectivity index (χ4n) is 2.26. The SMILES string of the molecule is CC[C@@H](C(=O)OC)n1cnc2sc(C(=O)OC)c(C)c2c1=O. The first-order chi connectivity index (χ1) is 10.5. The van der Waals surface area contributed by atoms with Crippen molar-refractivity contribution in [2.45, 2.75) is 26.3 Å². The molecule has 8 heteroatoms. The third kappa shape index (κ3) is 2.50. The van der Waals surface area contributed by atoms with E-state index in [1.165, 1.54) is 25.1 Å². The Hall–Kier alpha value is -2.22. The maximum atomic E-state index is 12.7. The Balaban J connectivity index is 2.69. The maximum Gasteiger partial charge on any atom is 0.348 e. The van der Waals surface area contributed by atoms with Crippen molar-refractivity contribution in [1.29, 1.82) is 0 Å². The second-order valence-corrected chi connectivity index (χ2v) is 5.63. The van der Waals surface area contributed by atoms with Gasteiger partial charge in [-0.3, -0.25) is 9.36 Å². The summed E-state index contributed by atoms with van der Waals surface area (Å²) in [6, 6.07) is -0.740. The fraction of sp³-hybridized carbons (Fsp3) is 0.429. The van der Waals surface area contributed by atoms with Crippen LogP contribution in [0.3, 0.4) is 0 Å². The van der Waals surface area contributed by atoms with E-state index in [1.54, 1.807) is 13.8 Å². The number of hydrogen-bond acceptors (Lipinski definition) is 7. The van der Waals surface area contributed by atoms with Crippen molar-refractivity contribution in [1.82, 2.24) is 9.55 Å². The van der Waals surface area contributed by atoms with Crippen molar-refractivity contribution in [2.24, 2.45) is 0 Å². The minimum atomic E-state index is -0.740. The molecule has 2 aromatic rings. The highest BCUT2D eigenvalue weighted by Crippen LogP contribution is 2.27. The average molecular weight is 324 g/mol. The molecule has 2 rings (SSSR count). The van der Waals surface area contributed by atoms with Crippen molar-refractivity contribution in [2.75, 3.05) is 14.2 Å². The van der Waals surface area contributed by atoms with Crippen LogP contribution in [0.4, 0.5) is 0 Å². The molecule has 0 spiro atoms. The van der Waals surface area contributed by atoms with Gasteiger partial charge in [0.2, 0.25) is 0 Å². The van der Waals surface area contributed by atoms with E-state index >= 15 is 0 Å². The number of hydrogen-bond donors (Lipinski definition) is 0. The molecule has 1 atom stereocenters. The number of thiophene rings is 1. The van der Waals surface area contributed by atoms with Gasteiger partial charge in [-0.15, -0.1) is 11.3 Å². The lowest BCUT2D eigenvalue weighted by molar-refractivity contribution is -0.144. The summed E-state index contributed by atoms with van der Waals surface area (Å²) in [5.74, 6) is -1.02. The lowest BCUT2D eigenvalue weighted by Crippen LogP contribution is -2.30. The summed E-state index contributed by atoms with van der Waals surface area (Å²) in [5.41, 5.74) is 0.143. The summed E-state index contributed by atoms with van der Waals surface area (Å²) >= 11 is 1.10. The van der Waals surface area contributed by atoms with Gasteiger partial charge in [0.15, 0.2) is 0 Å². The zero-order chi connectivity index (χ0) is 16.4. The lowest BCUT2D eigenvalue weighted by atomic mass is 10.2. The summed E-state index contributed by atoms with van der Waals surface area (Å²) in [6.07, 6.45) is 1.71. The van der Waals surface area contributed by atoms with Gasteiger partial charge in [0.1, 0.15) is 15.7 Å². The van der Waals surface area contributed by atoms with Gasteiger partial charge in [-0.1, -0.05) is 6.92 Å². The minimum Gasteiger partial charge on any atom is -0.467 e. The number of methoxy groups -OCH3 is 2. The highest BCUT2D eigenvalue weighted by Gasteiger charge is 2.24. The predicted octanol–water partition coefficient (Wildman–Crippen LogP) is 1.68. The van der Waals surface area contributed by atoms with Gasteiger partial charge in [0.25, 0.3) is 5.56 Å². The third-order valence-electron chi connectivity index (χ3n) is 3.44. The van der Waals surface area contributed by atoms with E-state index in [1.807, 2.05) is 0 Å². The van der Waals surface area contributed by atoms with E-state index in [-0.39, 0.29) is 5.56 Å². The molecular formula is C14H16N2O5S. The third-order valence-corrected chi connectivity index (χ3v) is 4.62. The molecule has 0 fully saturated rings. The molecule has 0 aliphatic carbocycles. The molecule has 0 aliphatic rings. The monoisotopic (exact) mass is 324 g/mol. The van der Waals surface area contributed by atoms with Crippen LogP contribution in [0.2, 0.25) is 0 Å². The van der Waals surface area contributed by atoms with Crippen LogP contribution in [0, 0.1) is 6.92 Å². The summed E-state index contributed by atoms with van der Waals surface area (Å²) in [7, 11) is 2.55. The van der Waals surface area contributed by atoms with Crippen molar-refractivity contribution in [3.8, 4) is 0 Å². The lowest BCUT2D eigenvalue weighted by Gasteiger charge is -2.15. The summed E-state index contributed by atoms with van der Waals surface area (Å²) < 4.78 is 10.7. The first-order valence-electron chi connectivity index (χ1n) is 6.62. The van der Waals surface area contributed by atoms with Crippen LogP contribution in [-0.4, -0.2) is 35.7 Å². The van der Waals surface area contributed by atoms with Gasteiger partial charge in [-0.25, -0.2) is 14.6 Å². The van der Waals surface area contributed by atoms with Crippen molar-refractivity contribution in [3.63, 3.8) is 0 Å². The number of esters is 2. The minimum absolute atomic E-state index is 0.329. The zero-order valence-corrected chi connectivity index (χ0v) is 13.5. The van der Waals surface area contributed by atoms with Crippen molar-refractivity contribution < 1.29 is 19.1 Å². The van der Waals surface area contributed by atoms with E-state index in [0.29, 0.717) is 27.1 Å². The number of aryl methyl sites for hydroxylation is 1. The number of rotatable bonds is 4. The van der Waals surface area contributed by atoms with Gasteiger partial charge in [-0.05, 0) is 18.9 Å². The molecule has 0 saturated carbocycles. The topological polar surface area (TPSA) is 87.5 Å². The number of carbonyl (C=O) groups excluding carboxylic acids is 2. The molecule has 0 aliphatic heterocycles. The molecule has 2 heterocycles. The van der Waals surface area contributed by atoms with E-state index < -0.39 is 18.0 Å². The normalized spacial score (nSPS) is 12.2. The maximum absolute atomic E-state index is 12.7. The highest BCUT2D eigenvalue weighted by molar-refractivity contribution is 7.20. The Morgan fingerprint density at radius 1 is 1.36 bits per heavy atom. The first-order valence-corrected chi connectivity index (χ1v) is 7.44. The van der Waals surface area contributed by atoms with E-state index in [0.717, 1.165) is 11.3 Å². The summed E-state index contributed by atoms with van der Waals surface area (Å²) in [5, 5.41) is 0.329. The summed E-state index contributed by atoms with van der Waals surface area (Å²) in [4.78, 5) is 41.2. The van der Waals surface area contributed by atoms with Gasteiger partial charge in [-0.2, -0.15) is 0 Å². The van der Waals surface area contributed by atoms with Gasteiger partial charge >= 0.3 is 11.9 Å². The molecule has 0 saturated heterocycles. The molecule has 0 N–H and O–H groups in total. The van der Waals surface area contributed by atoms with Crippen molar-refractivity contribution >= 4 is 33.5 Å². The van der Waals surface area contributed by atoms with E-state index in [9.17, 15) is 14.4 Å². The number of fused-ring (bicyclic) bond motifs is 1. The van der Waals surface area contributed by atoms with Crippen LogP contribution < -0.4 is 5.56 Å². The van der Waals surface area contributed by atoms with E-state index in [2.05, 4.69) is 4.98 Å². The molecule has 0 amide bonds. The van der Waals surface area contributed by atoms with Gasteiger partial charge in [0.05, 0.1) is 25.9 Å². The molecule has 0 bridgehead atoms. The fourth-order valence-corrected chi connectivity index (χ4v) is 3.32. The number of carbonyl (C=O) groups is 2. The number of nitrogens with zero attached hydrogens (tertiary/aromatic N) is 2. The predicted molar refractivity (Wildman–Crippen MR) is 81.3 cm³/mol. The highest BCUT2D eigenvalue weighted by atomic mass is 32.1.